The highest BCUT2D eigenvalue weighted by Gasteiger charge is 2.26. The minimum atomic E-state index is 0.170. The number of hydrogen-bond acceptors (Lipinski definition) is 3. The lowest BCUT2D eigenvalue weighted by molar-refractivity contribution is -0.122. The lowest BCUT2D eigenvalue weighted by Gasteiger charge is -2.36. The zero-order valence-electron chi connectivity index (χ0n) is 17.6. The summed E-state index contributed by atoms with van der Waals surface area (Å²) in [6, 6.07) is 9.13. The van der Waals surface area contributed by atoms with Crippen LogP contribution in [0.15, 0.2) is 29.3 Å². The first-order valence-electron chi connectivity index (χ1n) is 10.7. The molecule has 1 aliphatic carbocycles. The Kier molecular flexibility index (Phi) is 7.31. The fourth-order valence-corrected chi connectivity index (χ4v) is 3.55. The smallest absolute Gasteiger partial charge is 0.234 e. The van der Waals surface area contributed by atoms with Gasteiger partial charge in [0.2, 0.25) is 5.91 Å². The highest BCUT2D eigenvalue weighted by molar-refractivity contribution is 5.80. The Bertz CT molecular complexity index is 677. The zero-order chi connectivity index (χ0) is 19.9. The van der Waals surface area contributed by atoms with Crippen LogP contribution in [0.25, 0.3) is 0 Å². The van der Waals surface area contributed by atoms with Gasteiger partial charge in [-0.2, -0.15) is 0 Å². The van der Waals surface area contributed by atoms with E-state index in [4.69, 9.17) is 4.99 Å². The van der Waals surface area contributed by atoms with Gasteiger partial charge in [0.05, 0.1) is 6.54 Å². The van der Waals surface area contributed by atoms with Gasteiger partial charge in [0.25, 0.3) is 0 Å². The number of piperazine rings is 1. The van der Waals surface area contributed by atoms with Crippen LogP contribution >= 0.6 is 0 Å². The molecule has 0 radical (unpaired) electrons. The third-order valence-corrected chi connectivity index (χ3v) is 5.44. The molecule has 2 fully saturated rings. The molecular weight excluding hydrogens is 350 g/mol. The van der Waals surface area contributed by atoms with Crippen molar-refractivity contribution in [2.75, 3.05) is 45.8 Å². The summed E-state index contributed by atoms with van der Waals surface area (Å²) in [7, 11) is 0. The van der Waals surface area contributed by atoms with Crippen molar-refractivity contribution in [2.45, 2.75) is 45.6 Å². The molecule has 154 valence electrons. The van der Waals surface area contributed by atoms with Crippen molar-refractivity contribution in [3.05, 3.63) is 35.4 Å². The fourth-order valence-electron chi connectivity index (χ4n) is 3.55. The first-order valence-corrected chi connectivity index (χ1v) is 10.7. The van der Waals surface area contributed by atoms with E-state index in [0.29, 0.717) is 18.5 Å². The van der Waals surface area contributed by atoms with Gasteiger partial charge in [0, 0.05) is 51.2 Å². The lowest BCUT2D eigenvalue weighted by atomic mass is 10.00. The predicted octanol–water partition coefficient (Wildman–Crippen LogP) is 1.96. The average Bonchev–Trinajstić information content (AvgIpc) is 3.49. The van der Waals surface area contributed by atoms with Gasteiger partial charge in [-0.1, -0.05) is 36.8 Å². The Balaban J connectivity index is 1.50. The second kappa shape index (κ2) is 9.92. The Morgan fingerprint density at radius 3 is 2.64 bits per heavy atom. The summed E-state index contributed by atoms with van der Waals surface area (Å²) in [5.41, 5.74) is 2.63. The molecule has 3 rings (SSSR count). The second-order valence-corrected chi connectivity index (χ2v) is 8.11. The predicted molar refractivity (Wildman–Crippen MR) is 115 cm³/mol. The Labute approximate surface area is 169 Å². The normalized spacial score (nSPS) is 19.4. The molecule has 28 heavy (non-hydrogen) atoms. The van der Waals surface area contributed by atoms with Gasteiger partial charge in [-0.25, -0.2) is 0 Å². The fraction of sp³-hybridized carbons (Fsp3) is 0.636. The molecule has 1 saturated heterocycles. The molecule has 0 aromatic heterocycles. The van der Waals surface area contributed by atoms with Gasteiger partial charge in [-0.15, -0.1) is 0 Å². The molecule has 0 spiro atoms. The summed E-state index contributed by atoms with van der Waals surface area (Å²) in [6.45, 7) is 12.2. The molecule has 1 aromatic rings. The van der Waals surface area contributed by atoms with E-state index >= 15 is 0 Å². The maximum Gasteiger partial charge on any atom is 0.234 e. The van der Waals surface area contributed by atoms with Crippen molar-refractivity contribution < 1.29 is 4.79 Å². The molecule has 1 heterocycles. The summed E-state index contributed by atoms with van der Waals surface area (Å²) < 4.78 is 0. The van der Waals surface area contributed by atoms with Crippen LogP contribution in [0.4, 0.5) is 0 Å². The van der Waals surface area contributed by atoms with Crippen LogP contribution in [0.1, 0.15) is 43.7 Å². The van der Waals surface area contributed by atoms with Crippen LogP contribution in [0.2, 0.25) is 0 Å². The van der Waals surface area contributed by atoms with E-state index in [1.165, 1.54) is 11.1 Å². The second-order valence-electron chi connectivity index (χ2n) is 8.11. The number of rotatable bonds is 7. The number of benzene rings is 1. The van der Waals surface area contributed by atoms with Crippen molar-refractivity contribution in [1.82, 2.24) is 20.4 Å². The monoisotopic (exact) mass is 385 g/mol. The molecule has 6 nitrogen and oxygen atoms in total. The van der Waals surface area contributed by atoms with Crippen molar-refractivity contribution >= 4 is 11.9 Å². The Hall–Kier alpha value is -2.08. The van der Waals surface area contributed by atoms with Gasteiger partial charge in [0.1, 0.15) is 0 Å². The van der Waals surface area contributed by atoms with Crippen molar-refractivity contribution in [3.63, 3.8) is 0 Å². The highest BCUT2D eigenvalue weighted by atomic mass is 16.2. The number of nitrogens with zero attached hydrogens (tertiary/aromatic N) is 3. The molecule has 1 aromatic carbocycles. The summed E-state index contributed by atoms with van der Waals surface area (Å²) in [5, 5.41) is 6.52. The Morgan fingerprint density at radius 2 is 2.00 bits per heavy atom. The van der Waals surface area contributed by atoms with Gasteiger partial charge in [0.15, 0.2) is 5.96 Å². The summed E-state index contributed by atoms with van der Waals surface area (Å²) in [6.07, 6.45) is 2.28. The van der Waals surface area contributed by atoms with E-state index < -0.39 is 0 Å². The minimum Gasteiger partial charge on any atom is -0.357 e. The number of carbonyl (C=O) groups excluding carboxylic acids is 1. The molecule has 1 atom stereocenters. The number of carbonyl (C=O) groups is 1. The standard InChI is InChI=1S/C22H35N5O/c1-4-23-22(24-15-18(3)19-7-5-6-17(2)14-19)27-12-10-26(11-13-27)16-21(28)25-20-8-9-20/h5-7,14,18,20H,4,8-13,15-16H2,1-3H3,(H,23,24)(H,25,28). The number of nitrogens with one attached hydrogen (secondary N) is 2. The quantitative estimate of drug-likeness (QED) is 0.556. The molecule has 2 aliphatic rings. The van der Waals surface area contributed by atoms with Crippen molar-refractivity contribution in [2.24, 2.45) is 4.99 Å². The van der Waals surface area contributed by atoms with E-state index in [9.17, 15) is 4.79 Å². The number of guanidine groups is 1. The van der Waals surface area contributed by atoms with Crippen LogP contribution in [0.3, 0.4) is 0 Å². The topological polar surface area (TPSA) is 60.0 Å². The van der Waals surface area contributed by atoms with Crippen molar-refractivity contribution in [3.8, 4) is 0 Å². The first-order chi connectivity index (χ1) is 13.5. The van der Waals surface area contributed by atoms with Gasteiger partial charge < -0.3 is 15.5 Å². The van der Waals surface area contributed by atoms with Gasteiger partial charge >= 0.3 is 0 Å². The summed E-state index contributed by atoms with van der Waals surface area (Å²) >= 11 is 0. The molecular formula is C22H35N5O. The van der Waals surface area contributed by atoms with E-state index in [2.05, 4.69) is 65.5 Å². The average molecular weight is 386 g/mol. The number of hydrogen-bond donors (Lipinski definition) is 2. The molecule has 1 amide bonds. The van der Waals surface area contributed by atoms with Gasteiger partial charge in [-0.3, -0.25) is 14.7 Å². The number of aryl methyl sites for hydroxylation is 1. The van der Waals surface area contributed by atoms with Crippen molar-refractivity contribution in [1.29, 1.82) is 0 Å². The van der Waals surface area contributed by atoms with E-state index in [1.807, 2.05) is 0 Å². The largest absolute Gasteiger partial charge is 0.357 e. The van der Waals surface area contributed by atoms with E-state index in [0.717, 1.165) is 58.1 Å². The number of amides is 1. The third-order valence-electron chi connectivity index (χ3n) is 5.44. The van der Waals surface area contributed by atoms with E-state index in [1.54, 1.807) is 0 Å². The van der Waals surface area contributed by atoms with Crippen LogP contribution in [-0.4, -0.2) is 73.5 Å². The minimum absolute atomic E-state index is 0.170. The highest BCUT2D eigenvalue weighted by Crippen LogP contribution is 2.18. The maximum absolute atomic E-state index is 12.0. The summed E-state index contributed by atoms with van der Waals surface area (Å²) in [5.74, 6) is 1.55. The summed E-state index contributed by atoms with van der Waals surface area (Å²) in [4.78, 5) is 21.5. The van der Waals surface area contributed by atoms with Crippen LogP contribution in [-0.2, 0) is 4.79 Å². The van der Waals surface area contributed by atoms with E-state index in [-0.39, 0.29) is 5.91 Å². The van der Waals surface area contributed by atoms with Crippen LogP contribution in [0.5, 0.6) is 0 Å². The molecule has 0 bridgehead atoms. The number of aliphatic imine (C=N–C) groups is 1. The maximum atomic E-state index is 12.0. The molecule has 1 saturated carbocycles. The molecule has 6 heteroatoms. The molecule has 1 unspecified atom stereocenters. The van der Waals surface area contributed by atoms with Crippen LogP contribution < -0.4 is 10.6 Å². The molecule has 1 aliphatic heterocycles. The SMILES string of the molecule is CCNC(=NCC(C)c1cccc(C)c1)N1CCN(CC(=O)NC2CC2)CC1. The third kappa shape index (κ3) is 6.23. The lowest BCUT2D eigenvalue weighted by Crippen LogP contribution is -2.54. The van der Waals surface area contributed by atoms with Gasteiger partial charge in [-0.05, 0) is 32.3 Å². The Morgan fingerprint density at radius 1 is 1.25 bits per heavy atom. The van der Waals surface area contributed by atoms with Crippen LogP contribution in [0, 0.1) is 6.92 Å². The first kappa shape index (κ1) is 20.6. The molecule has 2 N–H and O–H groups in total. The zero-order valence-corrected chi connectivity index (χ0v) is 17.6.